The molecule has 4 heterocycles. The number of halogens is 2. The highest BCUT2D eigenvalue weighted by atomic mass is 19.1. The Morgan fingerprint density at radius 2 is 1.50 bits per heavy atom. The molecule has 1 fully saturated rings. The van der Waals surface area contributed by atoms with Crippen molar-refractivity contribution in [2.24, 2.45) is 4.99 Å². The van der Waals surface area contributed by atoms with Crippen LogP contribution in [-0.2, 0) is 0 Å². The van der Waals surface area contributed by atoms with E-state index in [1.165, 1.54) is 18.2 Å². The quantitative estimate of drug-likeness (QED) is 0.752. The molecule has 1 atom stereocenters. The summed E-state index contributed by atoms with van der Waals surface area (Å²) in [4.78, 5) is 4.37. The Morgan fingerprint density at radius 3 is 2.19 bits per heavy atom. The highest BCUT2D eigenvalue weighted by molar-refractivity contribution is 6.04. The third-order valence-electron chi connectivity index (χ3n) is 5.86. The second-order valence-electron chi connectivity index (χ2n) is 8.08. The Bertz CT molecular complexity index is 1020. The molecule has 1 N–H and O–H groups in total. The van der Waals surface area contributed by atoms with E-state index in [4.69, 9.17) is 18.9 Å². The van der Waals surface area contributed by atoms with Crippen LogP contribution in [0.4, 0.5) is 8.78 Å². The average molecular weight is 444 g/mol. The van der Waals surface area contributed by atoms with Gasteiger partial charge in [0.25, 0.3) is 0 Å². The summed E-state index contributed by atoms with van der Waals surface area (Å²) < 4.78 is 48.8. The standard InChI is InChI=1S/C12H14FNO2.C12H12FNO2/c2*13-8-6-9(10-2-1-3-14-10)12-11(7-8)15-4-5-16-12/h6-7,10,14H,1-5H2;6-7H,1-5H2. The fraction of sp³-hybridized carbons (Fsp3) is 0.458. The van der Waals surface area contributed by atoms with Crippen molar-refractivity contribution in [1.29, 1.82) is 0 Å². The Morgan fingerprint density at radius 1 is 0.812 bits per heavy atom. The predicted octanol–water partition coefficient (Wildman–Crippen LogP) is 4.20. The molecule has 6 nitrogen and oxygen atoms in total. The second kappa shape index (κ2) is 9.32. The molecule has 1 unspecified atom stereocenters. The molecule has 2 aromatic rings. The highest BCUT2D eigenvalue weighted by Gasteiger charge is 2.26. The summed E-state index contributed by atoms with van der Waals surface area (Å²) in [5.74, 6) is 1.84. The maximum atomic E-state index is 13.4. The van der Waals surface area contributed by atoms with Crippen LogP contribution in [0.15, 0.2) is 29.3 Å². The van der Waals surface area contributed by atoms with E-state index in [0.29, 0.717) is 49.4 Å². The van der Waals surface area contributed by atoms with Gasteiger partial charge in [-0.05, 0) is 44.4 Å². The van der Waals surface area contributed by atoms with E-state index in [9.17, 15) is 8.78 Å². The van der Waals surface area contributed by atoms with Crippen LogP contribution in [0, 0.1) is 11.6 Å². The first-order valence-electron chi connectivity index (χ1n) is 11.1. The van der Waals surface area contributed by atoms with Crippen molar-refractivity contribution in [1.82, 2.24) is 5.32 Å². The van der Waals surface area contributed by atoms with Crippen molar-refractivity contribution in [2.75, 3.05) is 39.5 Å². The molecule has 170 valence electrons. The maximum Gasteiger partial charge on any atom is 0.170 e. The molecular formula is C24H26F2N2O4. The summed E-state index contributed by atoms with van der Waals surface area (Å²) in [6.45, 7) is 3.83. The lowest BCUT2D eigenvalue weighted by Gasteiger charge is -2.23. The largest absolute Gasteiger partial charge is 0.486 e. The first-order chi connectivity index (χ1) is 15.7. The minimum atomic E-state index is -0.297. The Kier molecular flexibility index (Phi) is 6.12. The van der Waals surface area contributed by atoms with Gasteiger partial charge in [-0.3, -0.25) is 4.99 Å². The molecule has 1 saturated heterocycles. The number of benzene rings is 2. The lowest BCUT2D eigenvalue weighted by atomic mass is 10.0. The number of rotatable bonds is 2. The van der Waals surface area contributed by atoms with Crippen LogP contribution in [0.5, 0.6) is 23.0 Å². The van der Waals surface area contributed by atoms with Gasteiger partial charge in [0.2, 0.25) is 0 Å². The van der Waals surface area contributed by atoms with E-state index < -0.39 is 0 Å². The summed E-state index contributed by atoms with van der Waals surface area (Å²) in [5, 5.41) is 3.35. The molecule has 0 bridgehead atoms. The molecule has 6 rings (SSSR count). The van der Waals surface area contributed by atoms with Gasteiger partial charge in [0.05, 0.1) is 0 Å². The van der Waals surface area contributed by atoms with Crippen LogP contribution >= 0.6 is 0 Å². The zero-order valence-corrected chi connectivity index (χ0v) is 17.8. The Labute approximate surface area is 185 Å². The second-order valence-corrected chi connectivity index (χ2v) is 8.08. The molecule has 2 aromatic carbocycles. The topological polar surface area (TPSA) is 61.3 Å². The number of hydrogen-bond acceptors (Lipinski definition) is 6. The first-order valence-corrected chi connectivity index (χ1v) is 11.1. The summed E-state index contributed by atoms with van der Waals surface area (Å²) in [6, 6.07) is 6.00. The van der Waals surface area contributed by atoms with Gasteiger partial charge in [-0.15, -0.1) is 0 Å². The van der Waals surface area contributed by atoms with Crippen molar-refractivity contribution < 1.29 is 27.7 Å². The fourth-order valence-electron chi connectivity index (χ4n) is 4.45. The zero-order chi connectivity index (χ0) is 21.9. The van der Waals surface area contributed by atoms with Crippen molar-refractivity contribution in [3.63, 3.8) is 0 Å². The molecule has 0 spiro atoms. The Hall–Kier alpha value is -2.87. The van der Waals surface area contributed by atoms with Gasteiger partial charge >= 0.3 is 0 Å². The Balaban J connectivity index is 0.000000135. The summed E-state index contributed by atoms with van der Waals surface area (Å²) in [7, 11) is 0. The van der Waals surface area contributed by atoms with Gasteiger partial charge in [-0.25, -0.2) is 8.78 Å². The molecule has 0 amide bonds. The summed E-state index contributed by atoms with van der Waals surface area (Å²) in [5.41, 5.74) is 2.58. The van der Waals surface area contributed by atoms with Gasteiger partial charge in [-0.2, -0.15) is 0 Å². The smallest absolute Gasteiger partial charge is 0.170 e. The lowest BCUT2D eigenvalue weighted by molar-refractivity contribution is 0.168. The SMILES string of the molecule is Fc1cc2c(c(C3=NCCC3)c1)OCCO2.Fc1cc2c(c(C3CCCN3)c1)OCCO2. The van der Waals surface area contributed by atoms with E-state index in [1.54, 1.807) is 6.07 Å². The van der Waals surface area contributed by atoms with E-state index in [0.717, 1.165) is 55.6 Å². The monoisotopic (exact) mass is 444 g/mol. The number of aliphatic imine (C=N–C) groups is 1. The van der Waals surface area contributed by atoms with Gasteiger partial charge in [0.1, 0.15) is 38.1 Å². The lowest BCUT2D eigenvalue weighted by Crippen LogP contribution is -2.20. The van der Waals surface area contributed by atoms with Gasteiger partial charge in [0, 0.05) is 41.6 Å². The molecule has 0 saturated carbocycles. The van der Waals surface area contributed by atoms with Gasteiger partial charge < -0.3 is 24.3 Å². The van der Waals surface area contributed by atoms with Gasteiger partial charge in [0.15, 0.2) is 23.0 Å². The van der Waals surface area contributed by atoms with Crippen LogP contribution < -0.4 is 24.3 Å². The third kappa shape index (κ3) is 4.37. The molecular weight excluding hydrogens is 418 g/mol. The van der Waals surface area contributed by atoms with E-state index >= 15 is 0 Å². The fourth-order valence-corrected chi connectivity index (χ4v) is 4.45. The van der Waals surface area contributed by atoms with Crippen molar-refractivity contribution in [3.8, 4) is 23.0 Å². The van der Waals surface area contributed by atoms with Crippen LogP contribution in [0.1, 0.15) is 42.9 Å². The van der Waals surface area contributed by atoms with E-state index in [1.807, 2.05) is 0 Å². The zero-order valence-electron chi connectivity index (χ0n) is 17.8. The number of ether oxygens (including phenoxy) is 4. The number of hydrogen-bond donors (Lipinski definition) is 1. The maximum absolute atomic E-state index is 13.4. The number of fused-ring (bicyclic) bond motifs is 2. The molecule has 32 heavy (non-hydrogen) atoms. The summed E-state index contributed by atoms with van der Waals surface area (Å²) >= 11 is 0. The molecule has 0 aromatic heterocycles. The molecule has 8 heteroatoms. The van der Waals surface area contributed by atoms with Crippen molar-refractivity contribution in [2.45, 2.75) is 31.7 Å². The normalized spacial score (nSPS) is 20.9. The molecule has 4 aliphatic heterocycles. The summed E-state index contributed by atoms with van der Waals surface area (Å²) in [6.07, 6.45) is 4.07. The molecule has 4 aliphatic rings. The van der Waals surface area contributed by atoms with Crippen LogP contribution in [-0.4, -0.2) is 45.2 Å². The molecule has 0 aliphatic carbocycles. The van der Waals surface area contributed by atoms with Crippen LogP contribution in [0.3, 0.4) is 0 Å². The van der Waals surface area contributed by atoms with Crippen molar-refractivity contribution in [3.05, 3.63) is 47.0 Å². The van der Waals surface area contributed by atoms with Crippen LogP contribution in [0.2, 0.25) is 0 Å². The van der Waals surface area contributed by atoms with Crippen LogP contribution in [0.25, 0.3) is 0 Å². The number of nitrogens with one attached hydrogen (secondary N) is 1. The minimum Gasteiger partial charge on any atom is -0.486 e. The van der Waals surface area contributed by atoms with E-state index in [2.05, 4.69) is 10.3 Å². The third-order valence-corrected chi connectivity index (χ3v) is 5.86. The molecule has 0 radical (unpaired) electrons. The van der Waals surface area contributed by atoms with Crippen molar-refractivity contribution >= 4 is 5.71 Å². The van der Waals surface area contributed by atoms with Gasteiger partial charge in [-0.1, -0.05) is 0 Å². The predicted molar refractivity (Wildman–Crippen MR) is 115 cm³/mol. The first kappa shape index (κ1) is 21.0. The highest BCUT2D eigenvalue weighted by Crippen LogP contribution is 2.40. The van der Waals surface area contributed by atoms with E-state index in [-0.39, 0.29) is 17.7 Å². The number of nitrogens with zero attached hydrogens (tertiary/aromatic N) is 1. The average Bonchev–Trinajstić information content (AvgIpc) is 3.53. The minimum absolute atomic E-state index is 0.200.